The molecule has 1 N–H and O–H groups in total. The first kappa shape index (κ1) is 23.1. The predicted molar refractivity (Wildman–Crippen MR) is 127 cm³/mol. The van der Waals surface area contributed by atoms with E-state index in [2.05, 4.69) is 36.1 Å². The van der Waals surface area contributed by atoms with E-state index in [0.717, 1.165) is 36.1 Å². The van der Waals surface area contributed by atoms with Crippen molar-refractivity contribution < 1.29 is 19.4 Å². The maximum Gasteiger partial charge on any atom is 0.333 e. The number of benzene rings is 3. The monoisotopic (exact) mass is 428 g/mol. The average Bonchev–Trinajstić information content (AvgIpc) is 2.83. The van der Waals surface area contributed by atoms with Crippen LogP contribution in [0.2, 0.25) is 0 Å². The van der Waals surface area contributed by atoms with E-state index in [0.29, 0.717) is 13.0 Å². The van der Waals surface area contributed by atoms with Crippen molar-refractivity contribution in [1.82, 2.24) is 0 Å². The number of carboxylic acid groups (broad SMARTS) is 1. The molecule has 0 fully saturated rings. The summed E-state index contributed by atoms with van der Waals surface area (Å²) >= 11 is 0. The van der Waals surface area contributed by atoms with Crippen LogP contribution in [-0.4, -0.2) is 30.9 Å². The van der Waals surface area contributed by atoms with Crippen LogP contribution in [0.3, 0.4) is 0 Å². The number of carbonyl (C=O) groups is 1. The van der Waals surface area contributed by atoms with Gasteiger partial charge in [0.25, 0.3) is 0 Å². The molecule has 4 heteroatoms. The van der Waals surface area contributed by atoms with Crippen molar-refractivity contribution in [1.29, 1.82) is 0 Å². The molecular weight excluding hydrogens is 400 g/mol. The molecule has 0 amide bonds. The highest BCUT2D eigenvalue weighted by atomic mass is 16.5. The van der Waals surface area contributed by atoms with Crippen molar-refractivity contribution in [2.45, 2.75) is 31.8 Å². The zero-order valence-corrected chi connectivity index (χ0v) is 18.3. The standard InChI is InChI=1S/C28H28O4/c1-31-27(28(29)30)21-23-14-12-22(13-15-23)9-5-2-3-8-20-32-26-18-16-25(17-19-26)24-10-6-4-7-11-24/h4,6-7,10-19,27H,2-3,8,20-21H2,1H3,(H,29,30). The SMILES string of the molecule is COC(Cc1ccc(C#CCCCCOc2ccc(-c3ccccc3)cc2)cc1)C(=O)O. The molecule has 0 saturated carbocycles. The Morgan fingerprint density at radius 2 is 1.59 bits per heavy atom. The molecule has 3 aromatic rings. The molecule has 0 bridgehead atoms. The molecule has 0 aliphatic rings. The van der Waals surface area contributed by atoms with Crippen LogP contribution in [0.15, 0.2) is 78.9 Å². The van der Waals surface area contributed by atoms with Gasteiger partial charge in [-0.1, -0.05) is 66.4 Å². The van der Waals surface area contributed by atoms with Gasteiger partial charge >= 0.3 is 5.97 Å². The van der Waals surface area contributed by atoms with Gasteiger partial charge in [0, 0.05) is 25.5 Å². The largest absolute Gasteiger partial charge is 0.494 e. The van der Waals surface area contributed by atoms with E-state index in [9.17, 15) is 4.79 Å². The third-order valence-electron chi connectivity index (χ3n) is 5.09. The first-order valence-electron chi connectivity index (χ1n) is 10.8. The zero-order chi connectivity index (χ0) is 22.6. The quantitative estimate of drug-likeness (QED) is 0.337. The second kappa shape index (κ2) is 12.3. The minimum atomic E-state index is -0.954. The lowest BCUT2D eigenvalue weighted by Gasteiger charge is -2.09. The molecule has 1 atom stereocenters. The molecule has 0 saturated heterocycles. The van der Waals surface area contributed by atoms with Crippen LogP contribution in [-0.2, 0) is 16.0 Å². The normalized spacial score (nSPS) is 11.3. The van der Waals surface area contributed by atoms with Gasteiger partial charge in [0.1, 0.15) is 5.75 Å². The molecule has 0 aliphatic carbocycles. The Kier molecular flexibility index (Phi) is 8.92. The summed E-state index contributed by atoms with van der Waals surface area (Å²) in [7, 11) is 1.41. The van der Waals surface area contributed by atoms with Crippen LogP contribution in [0.1, 0.15) is 30.4 Å². The molecule has 3 aromatic carbocycles. The first-order valence-corrected chi connectivity index (χ1v) is 10.8. The Labute approximate surface area is 189 Å². The summed E-state index contributed by atoms with van der Waals surface area (Å²) in [5, 5.41) is 9.06. The van der Waals surface area contributed by atoms with Crippen LogP contribution < -0.4 is 4.74 Å². The van der Waals surface area contributed by atoms with E-state index in [-0.39, 0.29) is 0 Å². The summed E-state index contributed by atoms with van der Waals surface area (Å²) in [5.74, 6) is 6.27. The number of methoxy groups -OCH3 is 1. The van der Waals surface area contributed by atoms with Crippen molar-refractivity contribution in [3.8, 4) is 28.7 Å². The average molecular weight is 429 g/mol. The van der Waals surface area contributed by atoms with Crippen LogP contribution in [0.25, 0.3) is 11.1 Å². The summed E-state index contributed by atoms with van der Waals surface area (Å²) in [4.78, 5) is 11.0. The van der Waals surface area contributed by atoms with E-state index in [1.165, 1.54) is 18.2 Å². The zero-order valence-electron chi connectivity index (χ0n) is 18.3. The number of hydrogen-bond donors (Lipinski definition) is 1. The molecule has 164 valence electrons. The lowest BCUT2D eigenvalue weighted by molar-refractivity contribution is -0.148. The van der Waals surface area contributed by atoms with Gasteiger partial charge in [-0.25, -0.2) is 4.79 Å². The molecule has 0 heterocycles. The third-order valence-corrected chi connectivity index (χ3v) is 5.09. The Balaban J connectivity index is 1.35. The van der Waals surface area contributed by atoms with Crippen LogP contribution >= 0.6 is 0 Å². The summed E-state index contributed by atoms with van der Waals surface area (Å²) in [6.07, 6.45) is 2.25. The molecule has 32 heavy (non-hydrogen) atoms. The number of unbranched alkanes of at least 4 members (excludes halogenated alkanes) is 2. The van der Waals surface area contributed by atoms with Crippen LogP contribution in [0.4, 0.5) is 0 Å². The minimum absolute atomic E-state index is 0.342. The Hall–Kier alpha value is -3.55. The number of rotatable bonds is 10. The molecular formula is C28H28O4. The van der Waals surface area contributed by atoms with Gasteiger partial charge in [-0.3, -0.25) is 0 Å². The Morgan fingerprint density at radius 1 is 0.906 bits per heavy atom. The third kappa shape index (κ3) is 7.30. The lowest BCUT2D eigenvalue weighted by Crippen LogP contribution is -2.24. The second-order valence-corrected chi connectivity index (χ2v) is 7.46. The van der Waals surface area contributed by atoms with Gasteiger partial charge in [0.15, 0.2) is 6.10 Å². The second-order valence-electron chi connectivity index (χ2n) is 7.46. The van der Waals surface area contributed by atoms with Gasteiger partial charge in [-0.15, -0.1) is 0 Å². The summed E-state index contributed by atoms with van der Waals surface area (Å²) in [6, 6.07) is 26.1. The first-order chi connectivity index (χ1) is 15.7. The van der Waals surface area contributed by atoms with Gasteiger partial charge in [-0.2, -0.15) is 0 Å². The maximum atomic E-state index is 11.0. The minimum Gasteiger partial charge on any atom is -0.494 e. The van der Waals surface area contributed by atoms with Gasteiger partial charge < -0.3 is 14.6 Å². The summed E-state index contributed by atoms with van der Waals surface area (Å²) < 4.78 is 10.8. The summed E-state index contributed by atoms with van der Waals surface area (Å²) in [6.45, 7) is 0.672. The molecule has 0 radical (unpaired) electrons. The lowest BCUT2D eigenvalue weighted by atomic mass is 10.1. The van der Waals surface area contributed by atoms with E-state index >= 15 is 0 Å². The van der Waals surface area contributed by atoms with Crippen molar-refractivity contribution >= 4 is 5.97 Å². The van der Waals surface area contributed by atoms with Crippen molar-refractivity contribution in [3.63, 3.8) is 0 Å². The topological polar surface area (TPSA) is 55.8 Å². The molecule has 0 spiro atoms. The predicted octanol–water partition coefficient (Wildman–Crippen LogP) is 5.60. The van der Waals surface area contributed by atoms with E-state index in [4.69, 9.17) is 14.6 Å². The van der Waals surface area contributed by atoms with Crippen molar-refractivity contribution in [2.24, 2.45) is 0 Å². The fourth-order valence-corrected chi connectivity index (χ4v) is 3.25. The number of aliphatic carboxylic acids is 1. The molecule has 4 nitrogen and oxygen atoms in total. The molecule has 3 rings (SSSR count). The molecule has 0 aliphatic heterocycles. The Morgan fingerprint density at radius 3 is 2.25 bits per heavy atom. The Bertz CT molecular complexity index is 1030. The van der Waals surface area contributed by atoms with Gasteiger partial charge in [0.05, 0.1) is 6.61 Å². The smallest absolute Gasteiger partial charge is 0.333 e. The highest BCUT2D eigenvalue weighted by Gasteiger charge is 2.16. The summed E-state index contributed by atoms with van der Waals surface area (Å²) in [5.41, 5.74) is 4.22. The highest BCUT2D eigenvalue weighted by Crippen LogP contribution is 2.22. The van der Waals surface area contributed by atoms with Gasteiger partial charge in [0.2, 0.25) is 0 Å². The van der Waals surface area contributed by atoms with E-state index in [1.54, 1.807) is 0 Å². The molecule has 1 unspecified atom stereocenters. The van der Waals surface area contributed by atoms with Crippen LogP contribution in [0.5, 0.6) is 5.75 Å². The molecule has 0 aromatic heterocycles. The number of ether oxygens (including phenoxy) is 2. The van der Waals surface area contributed by atoms with Crippen molar-refractivity contribution in [3.05, 3.63) is 90.0 Å². The highest BCUT2D eigenvalue weighted by molar-refractivity contribution is 5.72. The number of hydrogen-bond acceptors (Lipinski definition) is 3. The van der Waals surface area contributed by atoms with Crippen LogP contribution in [0, 0.1) is 11.8 Å². The van der Waals surface area contributed by atoms with Crippen molar-refractivity contribution in [2.75, 3.05) is 13.7 Å². The van der Waals surface area contributed by atoms with E-state index in [1.807, 2.05) is 54.6 Å². The fraction of sp³-hybridized carbons (Fsp3) is 0.250. The maximum absolute atomic E-state index is 11.0. The number of carboxylic acids is 1. The van der Waals surface area contributed by atoms with Gasteiger partial charge in [-0.05, 0) is 53.8 Å². The fourth-order valence-electron chi connectivity index (χ4n) is 3.25. The van der Waals surface area contributed by atoms with E-state index < -0.39 is 12.1 Å².